The van der Waals surface area contributed by atoms with Crippen LogP contribution in [0.25, 0.3) is 17.1 Å². The van der Waals surface area contributed by atoms with Crippen LogP contribution in [0.3, 0.4) is 0 Å². The topological polar surface area (TPSA) is 107 Å². The first-order valence-electron chi connectivity index (χ1n) is 9.16. The molecular weight excluding hydrogens is 402 g/mol. The molecule has 4 aromatic rings. The summed E-state index contributed by atoms with van der Waals surface area (Å²) in [6, 6.07) is 11.0. The fourth-order valence-electron chi connectivity index (χ4n) is 2.70. The molecule has 0 aliphatic carbocycles. The Morgan fingerprint density at radius 1 is 1.20 bits per heavy atom. The van der Waals surface area contributed by atoms with Crippen molar-refractivity contribution in [1.29, 1.82) is 0 Å². The summed E-state index contributed by atoms with van der Waals surface area (Å²) in [6.07, 6.45) is 5.21. The maximum absolute atomic E-state index is 12.1. The second-order valence-electron chi connectivity index (χ2n) is 6.23. The van der Waals surface area contributed by atoms with E-state index in [9.17, 15) is 4.79 Å². The molecule has 0 aliphatic rings. The Hall–Kier alpha value is -3.79. The van der Waals surface area contributed by atoms with Gasteiger partial charge in [-0.1, -0.05) is 0 Å². The van der Waals surface area contributed by atoms with Crippen molar-refractivity contribution in [2.24, 2.45) is 0 Å². The van der Waals surface area contributed by atoms with Crippen LogP contribution in [0.1, 0.15) is 5.01 Å². The summed E-state index contributed by atoms with van der Waals surface area (Å²) in [5.74, 6) is 1.43. The molecule has 3 heterocycles. The minimum absolute atomic E-state index is 0.294. The van der Waals surface area contributed by atoms with Gasteiger partial charge in [-0.25, -0.2) is 24.4 Å². The minimum atomic E-state index is -0.294. The number of carbonyl (C=O) groups excluding carboxylic acids is 1. The SMILES string of the molecule is COc1ccc(-c2csc(CCNC(=O)Nc3ccc(-n4cncn4)nc3)n2)cc1. The molecule has 10 heteroatoms. The first-order valence-corrected chi connectivity index (χ1v) is 10.0. The van der Waals surface area contributed by atoms with Crippen LogP contribution in [-0.4, -0.2) is 44.4 Å². The van der Waals surface area contributed by atoms with Crippen LogP contribution in [-0.2, 0) is 6.42 Å². The van der Waals surface area contributed by atoms with E-state index in [4.69, 9.17) is 4.74 Å². The van der Waals surface area contributed by atoms with E-state index in [1.54, 1.807) is 43.1 Å². The van der Waals surface area contributed by atoms with Crippen molar-refractivity contribution in [3.05, 3.63) is 65.6 Å². The van der Waals surface area contributed by atoms with Gasteiger partial charge in [0.1, 0.15) is 18.4 Å². The molecule has 0 saturated carbocycles. The summed E-state index contributed by atoms with van der Waals surface area (Å²) < 4.78 is 6.72. The third kappa shape index (κ3) is 4.78. The Morgan fingerprint density at radius 3 is 2.77 bits per heavy atom. The summed E-state index contributed by atoms with van der Waals surface area (Å²) in [6.45, 7) is 0.478. The van der Waals surface area contributed by atoms with E-state index < -0.39 is 0 Å². The number of pyridine rings is 1. The van der Waals surface area contributed by atoms with E-state index >= 15 is 0 Å². The molecule has 0 aliphatic heterocycles. The number of rotatable bonds is 7. The molecule has 152 valence electrons. The van der Waals surface area contributed by atoms with Crippen LogP contribution in [0.5, 0.6) is 5.75 Å². The predicted octanol–water partition coefficient (Wildman–Crippen LogP) is 3.16. The number of nitrogens with zero attached hydrogens (tertiary/aromatic N) is 5. The largest absolute Gasteiger partial charge is 0.497 e. The number of thiazole rings is 1. The summed E-state index contributed by atoms with van der Waals surface area (Å²) in [5, 5.41) is 12.6. The molecule has 0 radical (unpaired) electrons. The molecular formula is C20H19N7O2S. The molecule has 1 aromatic carbocycles. The predicted molar refractivity (Wildman–Crippen MR) is 114 cm³/mol. The van der Waals surface area contributed by atoms with Crippen LogP contribution < -0.4 is 15.4 Å². The van der Waals surface area contributed by atoms with Crippen LogP contribution in [0.2, 0.25) is 0 Å². The normalized spacial score (nSPS) is 10.6. The number of ether oxygens (including phenoxy) is 1. The smallest absolute Gasteiger partial charge is 0.319 e. The van der Waals surface area contributed by atoms with E-state index in [1.165, 1.54) is 11.0 Å². The van der Waals surface area contributed by atoms with Crippen LogP contribution in [0.4, 0.5) is 10.5 Å². The fourth-order valence-corrected chi connectivity index (χ4v) is 3.51. The number of aromatic nitrogens is 5. The number of urea groups is 1. The van der Waals surface area contributed by atoms with E-state index in [0.717, 1.165) is 22.0 Å². The van der Waals surface area contributed by atoms with Gasteiger partial charge in [0.15, 0.2) is 5.82 Å². The Labute approximate surface area is 176 Å². The van der Waals surface area contributed by atoms with Crippen molar-refractivity contribution in [3.8, 4) is 22.8 Å². The number of amides is 2. The van der Waals surface area contributed by atoms with Gasteiger partial charge < -0.3 is 15.4 Å². The summed E-state index contributed by atoms with van der Waals surface area (Å²) >= 11 is 1.57. The van der Waals surface area contributed by atoms with Gasteiger partial charge in [-0.05, 0) is 36.4 Å². The summed E-state index contributed by atoms with van der Waals surface area (Å²) in [7, 11) is 1.64. The molecule has 0 saturated heterocycles. The monoisotopic (exact) mass is 421 g/mol. The summed E-state index contributed by atoms with van der Waals surface area (Å²) in [5.41, 5.74) is 2.54. The molecule has 3 aromatic heterocycles. The minimum Gasteiger partial charge on any atom is -0.497 e. The summed E-state index contributed by atoms with van der Waals surface area (Å²) in [4.78, 5) is 24.9. The zero-order valence-electron chi connectivity index (χ0n) is 16.1. The lowest BCUT2D eigenvalue weighted by molar-refractivity contribution is 0.252. The highest BCUT2D eigenvalue weighted by atomic mass is 32.1. The average molecular weight is 421 g/mol. The van der Waals surface area contributed by atoms with Gasteiger partial charge in [0.05, 0.1) is 29.7 Å². The zero-order valence-corrected chi connectivity index (χ0v) is 17.0. The van der Waals surface area contributed by atoms with Crippen molar-refractivity contribution in [2.75, 3.05) is 19.0 Å². The number of hydrogen-bond donors (Lipinski definition) is 2. The molecule has 0 spiro atoms. The highest BCUT2D eigenvalue weighted by Crippen LogP contribution is 2.24. The molecule has 2 N–H and O–H groups in total. The quantitative estimate of drug-likeness (QED) is 0.475. The van der Waals surface area contributed by atoms with Crippen molar-refractivity contribution in [1.82, 2.24) is 30.0 Å². The molecule has 0 fully saturated rings. The van der Waals surface area contributed by atoms with Gasteiger partial charge in [0, 0.05) is 23.9 Å². The van der Waals surface area contributed by atoms with Crippen molar-refractivity contribution >= 4 is 23.1 Å². The van der Waals surface area contributed by atoms with E-state index in [-0.39, 0.29) is 6.03 Å². The van der Waals surface area contributed by atoms with Gasteiger partial charge in [-0.15, -0.1) is 11.3 Å². The molecule has 0 unspecified atom stereocenters. The Morgan fingerprint density at radius 2 is 2.07 bits per heavy atom. The standard InChI is InChI=1S/C20H19N7O2S/c1-29-16-5-2-14(3-6-16)17-11-30-19(26-17)8-9-22-20(28)25-15-4-7-18(23-10-15)27-13-21-12-24-27/h2-7,10-13H,8-9H2,1H3,(H2,22,25,28). The van der Waals surface area contributed by atoms with E-state index in [1.807, 2.05) is 29.6 Å². The number of hydrogen-bond acceptors (Lipinski definition) is 7. The van der Waals surface area contributed by atoms with E-state index in [0.29, 0.717) is 24.5 Å². The number of methoxy groups -OCH3 is 1. The van der Waals surface area contributed by atoms with Crippen LogP contribution in [0.15, 0.2) is 60.6 Å². The van der Waals surface area contributed by atoms with Crippen molar-refractivity contribution in [3.63, 3.8) is 0 Å². The van der Waals surface area contributed by atoms with Gasteiger partial charge in [-0.3, -0.25) is 0 Å². The number of carbonyl (C=O) groups is 1. The third-order valence-electron chi connectivity index (χ3n) is 4.22. The van der Waals surface area contributed by atoms with Gasteiger partial charge >= 0.3 is 6.03 Å². The van der Waals surface area contributed by atoms with Gasteiger partial charge in [-0.2, -0.15) is 5.10 Å². The number of anilines is 1. The molecule has 30 heavy (non-hydrogen) atoms. The molecule has 0 bridgehead atoms. The highest BCUT2D eigenvalue weighted by molar-refractivity contribution is 7.09. The highest BCUT2D eigenvalue weighted by Gasteiger charge is 2.07. The average Bonchev–Trinajstić information content (AvgIpc) is 3.47. The Kier molecular flexibility index (Phi) is 5.95. The first-order chi connectivity index (χ1) is 14.7. The lowest BCUT2D eigenvalue weighted by Crippen LogP contribution is -2.30. The second kappa shape index (κ2) is 9.14. The van der Waals surface area contributed by atoms with Crippen LogP contribution >= 0.6 is 11.3 Å². The van der Waals surface area contributed by atoms with Crippen molar-refractivity contribution in [2.45, 2.75) is 6.42 Å². The number of nitrogens with one attached hydrogen (secondary N) is 2. The maximum atomic E-state index is 12.1. The second-order valence-corrected chi connectivity index (χ2v) is 7.17. The lowest BCUT2D eigenvalue weighted by Gasteiger charge is -2.07. The van der Waals surface area contributed by atoms with Crippen molar-refractivity contribution < 1.29 is 9.53 Å². The number of benzene rings is 1. The molecule has 4 rings (SSSR count). The molecule has 9 nitrogen and oxygen atoms in total. The van der Waals surface area contributed by atoms with E-state index in [2.05, 4.69) is 30.7 Å². The Balaban J connectivity index is 1.25. The molecule has 0 atom stereocenters. The molecule has 2 amide bonds. The van der Waals surface area contributed by atoms with Gasteiger partial charge in [0.2, 0.25) is 0 Å². The van der Waals surface area contributed by atoms with Gasteiger partial charge in [0.25, 0.3) is 0 Å². The third-order valence-corrected chi connectivity index (χ3v) is 5.13. The Bertz CT molecular complexity index is 1090. The van der Waals surface area contributed by atoms with Crippen LogP contribution in [0, 0.1) is 0 Å². The fraction of sp³-hybridized carbons (Fsp3) is 0.150. The lowest BCUT2D eigenvalue weighted by atomic mass is 10.2. The zero-order chi connectivity index (χ0) is 20.8. The maximum Gasteiger partial charge on any atom is 0.319 e. The first kappa shape index (κ1) is 19.5.